The summed E-state index contributed by atoms with van der Waals surface area (Å²) in [5.41, 5.74) is 0. The van der Waals surface area contributed by atoms with Crippen LogP contribution < -0.4 is 0 Å². The van der Waals surface area contributed by atoms with Crippen LogP contribution in [0.25, 0.3) is 0 Å². The van der Waals surface area contributed by atoms with E-state index in [1.807, 2.05) is 0 Å². The van der Waals surface area contributed by atoms with Crippen molar-refractivity contribution < 1.29 is 0 Å². The lowest BCUT2D eigenvalue weighted by atomic mass is 9.84. The van der Waals surface area contributed by atoms with E-state index < -0.39 is 0 Å². The zero-order valence-electron chi connectivity index (χ0n) is 7.85. The van der Waals surface area contributed by atoms with Gasteiger partial charge in [0.15, 0.2) is 0 Å². The highest BCUT2D eigenvalue weighted by Gasteiger charge is 2.13. The fourth-order valence-electron chi connectivity index (χ4n) is 1.28. The van der Waals surface area contributed by atoms with Crippen LogP contribution in [0.4, 0.5) is 0 Å². The van der Waals surface area contributed by atoms with Crippen LogP contribution in [-0.2, 0) is 0 Å². The first-order valence-corrected chi connectivity index (χ1v) is 4.42. The Bertz CT molecular complexity index is 74.1. The summed E-state index contributed by atoms with van der Waals surface area (Å²) in [6.07, 6.45) is 2.65. The van der Waals surface area contributed by atoms with Crippen molar-refractivity contribution in [3.05, 3.63) is 6.92 Å². The third-order valence-corrected chi connectivity index (χ3v) is 2.54. The van der Waals surface area contributed by atoms with Gasteiger partial charge in [0.25, 0.3) is 0 Å². The van der Waals surface area contributed by atoms with Gasteiger partial charge < -0.3 is 0 Å². The second-order valence-electron chi connectivity index (χ2n) is 3.60. The highest BCUT2D eigenvalue weighted by molar-refractivity contribution is 4.68. The van der Waals surface area contributed by atoms with Gasteiger partial charge in [0.2, 0.25) is 0 Å². The van der Waals surface area contributed by atoms with E-state index in [9.17, 15) is 0 Å². The lowest BCUT2D eigenvalue weighted by Gasteiger charge is -2.22. The summed E-state index contributed by atoms with van der Waals surface area (Å²) in [7, 11) is 0. The van der Waals surface area contributed by atoms with Crippen molar-refractivity contribution in [2.24, 2.45) is 17.8 Å². The Morgan fingerprint density at radius 3 is 2.00 bits per heavy atom. The van der Waals surface area contributed by atoms with Crippen molar-refractivity contribution in [2.75, 3.05) is 0 Å². The third-order valence-electron chi connectivity index (χ3n) is 2.54. The van der Waals surface area contributed by atoms with Gasteiger partial charge in [-0.25, -0.2) is 0 Å². The van der Waals surface area contributed by atoms with Gasteiger partial charge in [-0.3, -0.25) is 0 Å². The molecular weight excluding hydrogens is 120 g/mol. The predicted octanol–water partition coefficient (Wildman–Crippen LogP) is 3.53. The molecule has 0 aromatic carbocycles. The molecule has 0 aromatic rings. The quantitative estimate of drug-likeness (QED) is 0.562. The smallest absolute Gasteiger partial charge is 0.0391 e. The summed E-state index contributed by atoms with van der Waals surface area (Å²) < 4.78 is 0. The molecule has 0 N–H and O–H groups in total. The maximum atomic E-state index is 4.04. The first kappa shape index (κ1) is 10.0. The van der Waals surface area contributed by atoms with E-state index in [0.717, 1.165) is 11.8 Å². The third kappa shape index (κ3) is 3.24. The molecule has 0 aliphatic heterocycles. The van der Waals surface area contributed by atoms with Gasteiger partial charge in [0, 0.05) is 0 Å². The van der Waals surface area contributed by atoms with Gasteiger partial charge in [-0.2, -0.15) is 0 Å². The molecule has 3 atom stereocenters. The van der Waals surface area contributed by atoms with Crippen LogP contribution in [0.3, 0.4) is 0 Å². The lowest BCUT2D eigenvalue weighted by Crippen LogP contribution is -2.13. The molecule has 0 amide bonds. The highest BCUT2D eigenvalue weighted by atomic mass is 14.2. The summed E-state index contributed by atoms with van der Waals surface area (Å²) in [5.74, 6) is 2.22. The first-order valence-electron chi connectivity index (χ1n) is 4.42. The molecule has 0 rings (SSSR count). The Kier molecular flexibility index (Phi) is 4.76. The van der Waals surface area contributed by atoms with Crippen molar-refractivity contribution >= 4 is 0 Å². The van der Waals surface area contributed by atoms with Crippen LogP contribution in [0.2, 0.25) is 0 Å². The Morgan fingerprint density at radius 2 is 1.70 bits per heavy atom. The van der Waals surface area contributed by atoms with Crippen molar-refractivity contribution in [1.82, 2.24) is 0 Å². The molecule has 3 unspecified atom stereocenters. The molecule has 0 bridgehead atoms. The van der Waals surface area contributed by atoms with Gasteiger partial charge >= 0.3 is 0 Å². The topological polar surface area (TPSA) is 0 Å². The SMILES string of the molecule is [CH2]C(C)C(C)C(C)CCC. The summed E-state index contributed by atoms with van der Waals surface area (Å²) in [5, 5.41) is 0. The second-order valence-corrected chi connectivity index (χ2v) is 3.60. The van der Waals surface area contributed by atoms with E-state index in [1.54, 1.807) is 0 Å². The van der Waals surface area contributed by atoms with Crippen molar-refractivity contribution in [2.45, 2.75) is 40.5 Å². The number of rotatable bonds is 4. The zero-order chi connectivity index (χ0) is 8.15. The molecule has 0 spiro atoms. The molecule has 0 aliphatic rings. The van der Waals surface area contributed by atoms with Crippen molar-refractivity contribution in [3.8, 4) is 0 Å². The number of hydrogen-bond donors (Lipinski definition) is 0. The molecule has 10 heavy (non-hydrogen) atoms. The molecule has 0 heterocycles. The monoisotopic (exact) mass is 141 g/mol. The van der Waals surface area contributed by atoms with E-state index in [-0.39, 0.29) is 0 Å². The minimum Gasteiger partial charge on any atom is -0.0654 e. The van der Waals surface area contributed by atoms with Gasteiger partial charge in [0.1, 0.15) is 0 Å². The van der Waals surface area contributed by atoms with Crippen LogP contribution in [0, 0.1) is 24.7 Å². The summed E-state index contributed by atoms with van der Waals surface area (Å²) in [6, 6.07) is 0. The largest absolute Gasteiger partial charge is 0.0654 e. The lowest BCUT2D eigenvalue weighted by molar-refractivity contribution is 0.300. The van der Waals surface area contributed by atoms with Crippen LogP contribution in [0.5, 0.6) is 0 Å². The van der Waals surface area contributed by atoms with E-state index in [0.29, 0.717) is 5.92 Å². The Labute approximate surface area is 66.0 Å². The Hall–Kier alpha value is 0. The van der Waals surface area contributed by atoms with Gasteiger partial charge in [-0.15, -0.1) is 0 Å². The Morgan fingerprint density at radius 1 is 1.20 bits per heavy atom. The normalized spacial score (nSPS) is 17.4. The zero-order valence-corrected chi connectivity index (χ0v) is 7.85. The molecule has 61 valence electrons. The summed E-state index contributed by atoms with van der Waals surface area (Å²) >= 11 is 0. The van der Waals surface area contributed by atoms with Crippen LogP contribution in [-0.4, -0.2) is 0 Å². The first-order chi connectivity index (χ1) is 4.59. The van der Waals surface area contributed by atoms with Crippen LogP contribution in [0.15, 0.2) is 0 Å². The maximum absolute atomic E-state index is 4.04. The minimum atomic E-state index is 0.599. The molecule has 1 radical (unpaired) electrons. The summed E-state index contributed by atoms with van der Waals surface area (Å²) in [6.45, 7) is 13.1. The van der Waals surface area contributed by atoms with Crippen LogP contribution >= 0.6 is 0 Å². The summed E-state index contributed by atoms with van der Waals surface area (Å²) in [4.78, 5) is 0. The molecule has 0 saturated heterocycles. The molecular formula is C10H21. The molecule has 0 aliphatic carbocycles. The predicted molar refractivity (Wildman–Crippen MR) is 47.8 cm³/mol. The van der Waals surface area contributed by atoms with Gasteiger partial charge in [-0.05, 0) is 17.8 Å². The molecule has 0 nitrogen and oxygen atoms in total. The van der Waals surface area contributed by atoms with E-state index in [2.05, 4.69) is 34.6 Å². The van der Waals surface area contributed by atoms with Gasteiger partial charge in [0.05, 0.1) is 0 Å². The van der Waals surface area contributed by atoms with Gasteiger partial charge in [-0.1, -0.05) is 47.5 Å². The maximum Gasteiger partial charge on any atom is -0.0391 e. The average molecular weight is 141 g/mol. The van der Waals surface area contributed by atoms with E-state index >= 15 is 0 Å². The van der Waals surface area contributed by atoms with E-state index in [4.69, 9.17) is 0 Å². The molecule has 0 aromatic heterocycles. The fourth-order valence-corrected chi connectivity index (χ4v) is 1.28. The van der Waals surface area contributed by atoms with E-state index in [1.165, 1.54) is 12.8 Å². The average Bonchev–Trinajstić information content (AvgIpc) is 1.87. The van der Waals surface area contributed by atoms with Crippen molar-refractivity contribution in [1.29, 1.82) is 0 Å². The fraction of sp³-hybridized carbons (Fsp3) is 0.900. The molecule has 0 heteroatoms. The minimum absolute atomic E-state index is 0.599. The number of hydrogen-bond acceptors (Lipinski definition) is 0. The Balaban J connectivity index is 3.58. The molecule has 0 saturated carbocycles. The van der Waals surface area contributed by atoms with Crippen molar-refractivity contribution in [3.63, 3.8) is 0 Å². The molecule has 0 fully saturated rings. The standard InChI is InChI=1S/C10H21/c1-6-7-9(4)10(5)8(2)3/h8-10H,2,6-7H2,1,3-5H3. The second kappa shape index (κ2) is 4.76. The van der Waals surface area contributed by atoms with Crippen LogP contribution in [0.1, 0.15) is 40.5 Å². The highest BCUT2D eigenvalue weighted by Crippen LogP contribution is 2.23.